The Hall–Kier alpha value is -4.30. The molecule has 0 radical (unpaired) electrons. The molecule has 4 aromatic rings. The molecule has 0 saturated carbocycles. The maximum absolute atomic E-state index is 14.5. The summed E-state index contributed by atoms with van der Waals surface area (Å²) in [5.74, 6) is -0.826. The number of amides is 2. The van der Waals surface area contributed by atoms with Gasteiger partial charge in [-0.15, -0.1) is 0 Å². The number of hydrogen-bond acceptors (Lipinski definition) is 6. The molecule has 3 aromatic carbocycles. The number of anilines is 1. The first-order chi connectivity index (χ1) is 18.9. The number of ether oxygens (including phenoxy) is 1. The van der Waals surface area contributed by atoms with E-state index in [9.17, 15) is 14.4 Å². The second-order valence-electron chi connectivity index (χ2n) is 11.0. The van der Waals surface area contributed by atoms with Gasteiger partial charge in [-0.05, 0) is 42.7 Å². The summed E-state index contributed by atoms with van der Waals surface area (Å²) in [5, 5.41) is 4.25. The highest BCUT2D eigenvalue weighted by molar-refractivity contribution is 6.24. The van der Waals surface area contributed by atoms with Gasteiger partial charge in [0.05, 0.1) is 41.2 Å². The van der Waals surface area contributed by atoms with E-state index in [1.54, 1.807) is 28.8 Å². The predicted molar refractivity (Wildman–Crippen MR) is 147 cm³/mol. The Labute approximate surface area is 225 Å². The third-order valence-electron chi connectivity index (χ3n) is 8.41. The van der Waals surface area contributed by atoms with Crippen LogP contribution in [0.25, 0.3) is 16.6 Å². The van der Waals surface area contributed by atoms with E-state index < -0.39 is 17.4 Å². The molecule has 0 aliphatic carbocycles. The smallest absolute Gasteiger partial charge is 0.266 e. The maximum atomic E-state index is 14.5. The quantitative estimate of drug-likeness (QED) is 0.412. The largest absolute Gasteiger partial charge is 0.495 e. The van der Waals surface area contributed by atoms with E-state index in [4.69, 9.17) is 9.72 Å². The maximum Gasteiger partial charge on any atom is 0.266 e. The fourth-order valence-corrected chi connectivity index (χ4v) is 6.98. The van der Waals surface area contributed by atoms with Gasteiger partial charge in [-0.3, -0.25) is 24.3 Å². The highest BCUT2D eigenvalue weighted by Crippen LogP contribution is 2.56. The number of aromatic nitrogens is 2. The van der Waals surface area contributed by atoms with Gasteiger partial charge in [0.1, 0.15) is 17.1 Å². The number of fused-ring (bicyclic) bond motifs is 8. The lowest BCUT2D eigenvalue weighted by Crippen LogP contribution is -2.50. The van der Waals surface area contributed by atoms with Crippen LogP contribution in [0.5, 0.6) is 5.75 Å². The van der Waals surface area contributed by atoms with Crippen LogP contribution >= 0.6 is 0 Å². The molecule has 1 N–H and O–H groups in total. The van der Waals surface area contributed by atoms with Gasteiger partial charge in [0.15, 0.2) is 0 Å². The first-order valence-corrected chi connectivity index (χ1v) is 13.3. The summed E-state index contributed by atoms with van der Waals surface area (Å²) < 4.78 is 7.17. The minimum absolute atomic E-state index is 0.191. The number of rotatable bonds is 4. The Balaban J connectivity index is 1.52. The van der Waals surface area contributed by atoms with E-state index in [0.717, 1.165) is 5.56 Å². The van der Waals surface area contributed by atoms with Crippen LogP contribution < -0.4 is 20.5 Å². The number of nitrogens with zero attached hydrogens (tertiary/aromatic N) is 3. The molecule has 1 aromatic heterocycles. The average Bonchev–Trinajstić information content (AvgIpc) is 3.51. The van der Waals surface area contributed by atoms with E-state index >= 15 is 0 Å². The molecule has 196 valence electrons. The van der Waals surface area contributed by atoms with E-state index in [0.29, 0.717) is 40.3 Å². The first-order valence-electron chi connectivity index (χ1n) is 13.3. The molecule has 2 fully saturated rings. The zero-order chi connectivity index (χ0) is 27.1. The monoisotopic (exact) mass is 520 g/mol. The van der Waals surface area contributed by atoms with Crippen molar-refractivity contribution < 1.29 is 14.3 Å². The predicted octanol–water partition coefficient (Wildman–Crippen LogP) is 3.78. The number of nitrogens with one attached hydrogen (secondary N) is 1. The molecule has 4 atom stereocenters. The molecule has 3 aliphatic rings. The Morgan fingerprint density at radius 2 is 1.62 bits per heavy atom. The van der Waals surface area contributed by atoms with Gasteiger partial charge in [0.2, 0.25) is 11.8 Å². The van der Waals surface area contributed by atoms with Gasteiger partial charge in [-0.25, -0.2) is 9.88 Å². The SMILES string of the molecule is COc1ccccc1N1C(=O)[C@@H]2[C@@H](CC(C)C)N[C@]3(c4ccccc4-n4c3nc3ccccc3c4=O)[C@H]2C1=O. The van der Waals surface area contributed by atoms with Gasteiger partial charge in [0.25, 0.3) is 5.56 Å². The van der Waals surface area contributed by atoms with Crippen molar-refractivity contribution in [3.05, 3.63) is 94.5 Å². The highest BCUT2D eigenvalue weighted by Gasteiger charge is 2.69. The second-order valence-corrected chi connectivity index (χ2v) is 11.0. The van der Waals surface area contributed by atoms with E-state index in [1.807, 2.05) is 48.5 Å². The van der Waals surface area contributed by atoms with Crippen LogP contribution in [0.4, 0.5) is 5.69 Å². The lowest BCUT2D eigenvalue weighted by atomic mass is 9.75. The molecule has 0 bridgehead atoms. The van der Waals surface area contributed by atoms with Crippen molar-refractivity contribution in [3.63, 3.8) is 0 Å². The van der Waals surface area contributed by atoms with Crippen molar-refractivity contribution in [2.75, 3.05) is 12.0 Å². The third-order valence-corrected chi connectivity index (χ3v) is 8.41. The topological polar surface area (TPSA) is 93.5 Å². The van der Waals surface area contributed by atoms with Crippen LogP contribution in [0.1, 0.15) is 31.7 Å². The highest BCUT2D eigenvalue weighted by atomic mass is 16.5. The molecule has 2 saturated heterocycles. The number of para-hydroxylation sites is 4. The van der Waals surface area contributed by atoms with Crippen LogP contribution in [0.15, 0.2) is 77.6 Å². The van der Waals surface area contributed by atoms with Crippen molar-refractivity contribution in [1.82, 2.24) is 14.9 Å². The summed E-state index contributed by atoms with van der Waals surface area (Å²) in [6.07, 6.45) is 0.682. The molecule has 39 heavy (non-hydrogen) atoms. The molecule has 2 amide bonds. The molecular formula is C31H28N4O4. The first kappa shape index (κ1) is 23.8. The molecule has 8 heteroatoms. The summed E-state index contributed by atoms with van der Waals surface area (Å²) in [4.78, 5) is 49.0. The standard InChI is InChI=1S/C31H28N4O4/c1-17(2)16-21-25-26(29(38)34(28(25)37)23-14-8-9-15-24(23)39-3)31(33-21)19-11-5-7-13-22(19)35-27(36)18-10-4-6-12-20(18)32-30(31)35/h4-15,17,21,25-26,33H,16H2,1-3H3/t21-,25-,26-,31-/m1/s1. The van der Waals surface area contributed by atoms with Gasteiger partial charge in [-0.2, -0.15) is 0 Å². The Kier molecular flexibility index (Phi) is 5.09. The molecular weight excluding hydrogens is 492 g/mol. The lowest BCUT2D eigenvalue weighted by molar-refractivity contribution is -0.123. The van der Waals surface area contributed by atoms with Gasteiger partial charge >= 0.3 is 0 Å². The van der Waals surface area contributed by atoms with Crippen molar-refractivity contribution in [1.29, 1.82) is 0 Å². The molecule has 1 spiro atoms. The van der Waals surface area contributed by atoms with Crippen LogP contribution in [0.2, 0.25) is 0 Å². The molecule has 7 rings (SSSR count). The third kappa shape index (κ3) is 3.03. The fourth-order valence-electron chi connectivity index (χ4n) is 6.98. The summed E-state index contributed by atoms with van der Waals surface area (Å²) in [7, 11) is 1.53. The Bertz CT molecular complexity index is 1740. The zero-order valence-electron chi connectivity index (χ0n) is 21.9. The van der Waals surface area contributed by atoms with Crippen molar-refractivity contribution in [2.24, 2.45) is 17.8 Å². The van der Waals surface area contributed by atoms with E-state index in [-0.39, 0.29) is 29.3 Å². The second kappa shape index (κ2) is 8.35. The summed E-state index contributed by atoms with van der Waals surface area (Å²) in [5.41, 5.74) is 1.12. The summed E-state index contributed by atoms with van der Waals surface area (Å²) in [6.45, 7) is 4.21. The van der Waals surface area contributed by atoms with Crippen molar-refractivity contribution in [3.8, 4) is 11.4 Å². The van der Waals surface area contributed by atoms with Crippen LogP contribution in [0, 0.1) is 17.8 Å². The Morgan fingerprint density at radius 3 is 2.38 bits per heavy atom. The van der Waals surface area contributed by atoms with Gasteiger partial charge in [0, 0.05) is 11.6 Å². The average molecular weight is 521 g/mol. The van der Waals surface area contributed by atoms with Crippen molar-refractivity contribution in [2.45, 2.75) is 31.8 Å². The molecule has 0 unspecified atom stereocenters. The number of carbonyl (C=O) groups is 2. The van der Waals surface area contributed by atoms with Gasteiger partial charge in [-0.1, -0.05) is 56.3 Å². The van der Waals surface area contributed by atoms with E-state index in [1.165, 1.54) is 12.0 Å². The number of benzene rings is 3. The molecule has 3 aliphatic heterocycles. The van der Waals surface area contributed by atoms with Gasteiger partial charge < -0.3 is 4.74 Å². The Morgan fingerprint density at radius 1 is 0.923 bits per heavy atom. The summed E-state index contributed by atoms with van der Waals surface area (Å²) >= 11 is 0. The zero-order valence-corrected chi connectivity index (χ0v) is 21.9. The molecule has 4 heterocycles. The van der Waals surface area contributed by atoms with Crippen LogP contribution in [-0.4, -0.2) is 34.5 Å². The number of carbonyl (C=O) groups excluding carboxylic acids is 2. The minimum Gasteiger partial charge on any atom is -0.495 e. The molecule has 8 nitrogen and oxygen atoms in total. The minimum atomic E-state index is -1.15. The number of imide groups is 1. The fraction of sp³-hybridized carbons (Fsp3) is 0.290. The van der Waals surface area contributed by atoms with E-state index in [2.05, 4.69) is 19.2 Å². The van der Waals surface area contributed by atoms with Crippen LogP contribution in [-0.2, 0) is 15.1 Å². The summed E-state index contributed by atoms with van der Waals surface area (Å²) in [6, 6.07) is 21.7. The van der Waals surface area contributed by atoms with Crippen LogP contribution in [0.3, 0.4) is 0 Å². The number of methoxy groups -OCH3 is 1. The number of hydrogen-bond donors (Lipinski definition) is 1. The lowest BCUT2D eigenvalue weighted by Gasteiger charge is -2.32. The normalized spacial score (nSPS) is 25.0. The van der Waals surface area contributed by atoms with Crippen molar-refractivity contribution >= 4 is 28.4 Å².